The van der Waals surface area contributed by atoms with Gasteiger partial charge < -0.3 is 9.64 Å². The Labute approximate surface area is 245 Å². The Hall–Kier alpha value is -4.27. The molecule has 7 nitrogen and oxygen atoms in total. The molecule has 0 saturated heterocycles. The van der Waals surface area contributed by atoms with E-state index in [0.29, 0.717) is 37.8 Å². The van der Waals surface area contributed by atoms with Crippen LogP contribution in [0.1, 0.15) is 43.5 Å². The highest BCUT2D eigenvalue weighted by Crippen LogP contribution is 2.38. The number of carbonyl (C=O) groups is 2. The second-order valence-electron chi connectivity index (χ2n) is 9.96. The molecule has 1 amide bonds. The lowest BCUT2D eigenvalue weighted by Gasteiger charge is -2.26. The second kappa shape index (κ2) is 10.6. The highest BCUT2D eigenvalue weighted by atomic mass is 35.5. The maximum Gasteiger partial charge on any atom is 0.338 e. The van der Waals surface area contributed by atoms with Gasteiger partial charge >= 0.3 is 5.97 Å². The molecule has 0 bridgehead atoms. The van der Waals surface area contributed by atoms with E-state index >= 15 is 0 Å². The van der Waals surface area contributed by atoms with Crippen LogP contribution in [0.2, 0.25) is 5.02 Å². The van der Waals surface area contributed by atoms with Gasteiger partial charge in [0.2, 0.25) is 0 Å². The number of thiazole rings is 1. The normalized spacial score (nSPS) is 17.4. The number of aromatic nitrogens is 1. The van der Waals surface area contributed by atoms with E-state index in [2.05, 4.69) is 0 Å². The Morgan fingerprint density at radius 3 is 2.37 bits per heavy atom. The number of carbonyl (C=O) groups excluding carboxylic acids is 2. The number of halogens is 1. The fourth-order valence-electron chi connectivity index (χ4n) is 5.42. The van der Waals surface area contributed by atoms with E-state index in [4.69, 9.17) is 21.3 Å². The largest absolute Gasteiger partial charge is 0.463 e. The summed E-state index contributed by atoms with van der Waals surface area (Å²) in [4.78, 5) is 48.8. The van der Waals surface area contributed by atoms with Crippen LogP contribution in [0.4, 0.5) is 5.69 Å². The topological polar surface area (TPSA) is 81.0 Å². The number of anilines is 1. The molecule has 2 aliphatic heterocycles. The molecular formula is C32H26ClN3O4S. The second-order valence-corrected chi connectivity index (χ2v) is 11.4. The smallest absolute Gasteiger partial charge is 0.338 e. The van der Waals surface area contributed by atoms with Crippen molar-refractivity contribution in [3.8, 4) is 0 Å². The van der Waals surface area contributed by atoms with E-state index in [9.17, 15) is 14.4 Å². The zero-order valence-corrected chi connectivity index (χ0v) is 24.2. The summed E-state index contributed by atoms with van der Waals surface area (Å²) in [6, 6.07) is 22.9. The molecule has 0 aliphatic carbocycles. The van der Waals surface area contributed by atoms with E-state index in [-0.39, 0.29) is 28.7 Å². The van der Waals surface area contributed by atoms with Crippen molar-refractivity contribution in [1.82, 2.24) is 4.57 Å². The van der Waals surface area contributed by atoms with Crippen molar-refractivity contribution in [3.05, 3.63) is 126 Å². The Bertz CT molecular complexity index is 1910. The fourth-order valence-corrected chi connectivity index (χ4v) is 6.64. The minimum atomic E-state index is -0.847. The number of hydrogen-bond acceptors (Lipinski definition) is 6. The third kappa shape index (κ3) is 4.44. The highest BCUT2D eigenvalue weighted by molar-refractivity contribution is 7.07. The molecule has 0 spiro atoms. The number of esters is 1. The molecule has 41 heavy (non-hydrogen) atoms. The van der Waals surface area contributed by atoms with Crippen molar-refractivity contribution >= 4 is 51.8 Å². The Kier molecular flexibility index (Phi) is 6.97. The van der Waals surface area contributed by atoms with E-state index in [1.807, 2.05) is 68.4 Å². The number of rotatable bonds is 5. The molecule has 1 aromatic heterocycles. The molecular weight excluding hydrogens is 558 g/mol. The van der Waals surface area contributed by atoms with E-state index in [1.54, 1.807) is 36.1 Å². The molecule has 206 valence electrons. The lowest BCUT2D eigenvalue weighted by atomic mass is 9.93. The van der Waals surface area contributed by atoms with Gasteiger partial charge in [0, 0.05) is 22.2 Å². The van der Waals surface area contributed by atoms with Gasteiger partial charge in [-0.2, -0.15) is 0 Å². The monoisotopic (exact) mass is 583 g/mol. The first-order valence-corrected chi connectivity index (χ1v) is 14.5. The molecule has 4 aromatic rings. The maximum atomic E-state index is 14.4. The standard InChI is InChI=1S/C32H26ClN3O4S/c1-4-40-31(39)25-26(19-10-6-5-7-11-19)34-32-36(27(25)20-14-16-21(33)17-15-20)30(38)28(41-32)24-22-12-8-9-13-23(22)35(18(2)3)29(24)37/h5-18,27H,4H2,1-3H3/b28-24+/t27-/m0/s1. The van der Waals surface area contributed by atoms with E-state index in [1.165, 1.54) is 4.57 Å². The van der Waals surface area contributed by atoms with Crippen molar-refractivity contribution in [2.75, 3.05) is 11.5 Å². The third-order valence-electron chi connectivity index (χ3n) is 7.14. The minimum absolute atomic E-state index is 0.105. The summed E-state index contributed by atoms with van der Waals surface area (Å²) in [6.07, 6.45) is 0. The van der Waals surface area contributed by atoms with Gasteiger partial charge in [-0.05, 0) is 44.5 Å². The molecule has 2 aliphatic rings. The van der Waals surface area contributed by atoms with Crippen LogP contribution in [-0.2, 0) is 14.3 Å². The van der Waals surface area contributed by atoms with Gasteiger partial charge in [0.25, 0.3) is 11.5 Å². The van der Waals surface area contributed by atoms with E-state index in [0.717, 1.165) is 17.0 Å². The van der Waals surface area contributed by atoms with Crippen LogP contribution in [-0.4, -0.2) is 29.1 Å². The highest BCUT2D eigenvalue weighted by Gasteiger charge is 2.38. The van der Waals surface area contributed by atoms with Crippen LogP contribution >= 0.6 is 22.9 Å². The number of fused-ring (bicyclic) bond motifs is 2. The summed E-state index contributed by atoms with van der Waals surface area (Å²) in [5.41, 5.74) is 3.45. The predicted octanol–water partition coefficient (Wildman–Crippen LogP) is 4.71. The molecule has 0 saturated carbocycles. The van der Waals surface area contributed by atoms with Crippen LogP contribution in [0.15, 0.2) is 94.2 Å². The van der Waals surface area contributed by atoms with E-state index < -0.39 is 17.6 Å². The first-order valence-electron chi connectivity index (χ1n) is 13.3. The minimum Gasteiger partial charge on any atom is -0.463 e. The summed E-state index contributed by atoms with van der Waals surface area (Å²) in [6.45, 7) is 5.77. The Morgan fingerprint density at radius 2 is 1.68 bits per heavy atom. The zero-order chi connectivity index (χ0) is 28.8. The van der Waals surface area contributed by atoms with Gasteiger partial charge in [0.05, 0.1) is 35.2 Å². The van der Waals surface area contributed by atoms with Gasteiger partial charge in [-0.1, -0.05) is 83.6 Å². The summed E-state index contributed by atoms with van der Waals surface area (Å²) in [5, 5.41) is 0.523. The molecule has 6 rings (SSSR count). The number of amides is 1. The molecule has 3 heterocycles. The van der Waals surface area contributed by atoms with Gasteiger partial charge in [-0.3, -0.25) is 14.2 Å². The predicted molar refractivity (Wildman–Crippen MR) is 161 cm³/mol. The van der Waals surface area contributed by atoms with Crippen molar-refractivity contribution in [2.24, 2.45) is 4.99 Å². The van der Waals surface area contributed by atoms with Crippen LogP contribution in [0.25, 0.3) is 11.3 Å². The quantitative estimate of drug-likeness (QED) is 0.319. The maximum absolute atomic E-state index is 14.4. The molecule has 1 atom stereocenters. The average molecular weight is 584 g/mol. The Balaban J connectivity index is 1.72. The fraction of sp³-hybridized carbons (Fsp3) is 0.188. The van der Waals surface area contributed by atoms with Gasteiger partial charge in [-0.15, -0.1) is 0 Å². The first kappa shape index (κ1) is 26.9. The van der Waals surface area contributed by atoms with Gasteiger partial charge in [0.1, 0.15) is 4.53 Å². The number of ether oxygens (including phenoxy) is 1. The lowest BCUT2D eigenvalue weighted by molar-refractivity contribution is -0.138. The summed E-state index contributed by atoms with van der Waals surface area (Å²) >= 11 is 7.37. The van der Waals surface area contributed by atoms with Crippen molar-refractivity contribution in [3.63, 3.8) is 0 Å². The molecule has 3 aromatic carbocycles. The van der Waals surface area contributed by atoms with Gasteiger partial charge in [-0.25, -0.2) is 9.79 Å². The van der Waals surface area contributed by atoms with Crippen molar-refractivity contribution < 1.29 is 14.3 Å². The molecule has 0 radical (unpaired) electrons. The van der Waals surface area contributed by atoms with Crippen molar-refractivity contribution in [1.29, 1.82) is 0 Å². The summed E-state index contributed by atoms with van der Waals surface area (Å²) < 4.78 is 7.29. The zero-order valence-electron chi connectivity index (χ0n) is 22.6. The molecule has 0 N–H and O–H groups in total. The number of para-hydroxylation sites is 1. The van der Waals surface area contributed by atoms with Crippen LogP contribution in [0, 0.1) is 0 Å². The molecule has 0 fully saturated rings. The number of benzene rings is 3. The van der Waals surface area contributed by atoms with Gasteiger partial charge in [0.15, 0.2) is 4.80 Å². The molecule has 9 heteroatoms. The number of hydrogen-bond donors (Lipinski definition) is 0. The first-order chi connectivity index (χ1) is 19.8. The SMILES string of the molecule is CCOC(=O)C1=C(c2ccccc2)N=c2s/c(=C3/C(=O)N(C(C)C)c4ccccc43)c(=O)n2[C@H]1c1ccc(Cl)cc1. The lowest BCUT2D eigenvalue weighted by Crippen LogP contribution is -2.41. The summed E-state index contributed by atoms with van der Waals surface area (Å²) in [5.74, 6) is -0.802. The number of nitrogens with zero attached hydrogens (tertiary/aromatic N) is 3. The Morgan fingerprint density at radius 1 is 1.00 bits per heavy atom. The summed E-state index contributed by atoms with van der Waals surface area (Å²) in [7, 11) is 0. The molecule has 0 unspecified atom stereocenters. The van der Waals surface area contributed by atoms with Crippen LogP contribution in [0.3, 0.4) is 0 Å². The van der Waals surface area contributed by atoms with Crippen LogP contribution < -0.4 is 19.8 Å². The van der Waals surface area contributed by atoms with Crippen molar-refractivity contribution in [2.45, 2.75) is 32.9 Å². The third-order valence-corrected chi connectivity index (χ3v) is 8.45. The van der Waals surface area contributed by atoms with Crippen LogP contribution in [0.5, 0.6) is 0 Å². The average Bonchev–Trinajstić information content (AvgIpc) is 3.45.